The maximum Gasteiger partial charge on any atom is 0.322 e. The highest BCUT2D eigenvalue weighted by Crippen LogP contribution is 2.20. The summed E-state index contributed by atoms with van der Waals surface area (Å²) in [7, 11) is 1.60. The molecule has 0 unspecified atom stereocenters. The van der Waals surface area contributed by atoms with Gasteiger partial charge in [-0.25, -0.2) is 4.79 Å². The molecule has 8 heteroatoms. The first kappa shape index (κ1) is 23.8. The summed E-state index contributed by atoms with van der Waals surface area (Å²) in [6.45, 7) is 8.52. The molecule has 1 aromatic heterocycles. The molecule has 3 aromatic rings. The van der Waals surface area contributed by atoms with Gasteiger partial charge in [0.15, 0.2) is 0 Å². The average molecular weight is 465 g/mol. The third-order valence-electron chi connectivity index (χ3n) is 6.17. The van der Waals surface area contributed by atoms with Crippen LogP contribution in [0.3, 0.4) is 0 Å². The third-order valence-corrected chi connectivity index (χ3v) is 6.17. The Morgan fingerprint density at radius 2 is 1.88 bits per heavy atom. The van der Waals surface area contributed by atoms with Crippen LogP contribution < -0.4 is 15.6 Å². The number of ether oxygens (including phenoxy) is 2. The van der Waals surface area contributed by atoms with Gasteiger partial charge in [-0.2, -0.15) is 0 Å². The minimum absolute atomic E-state index is 0.175. The van der Waals surface area contributed by atoms with Crippen molar-refractivity contribution in [1.29, 1.82) is 0 Å². The maximum atomic E-state index is 13.3. The number of H-pyrrole nitrogens is 1. The Hall–Kier alpha value is -3.36. The van der Waals surface area contributed by atoms with Gasteiger partial charge in [0.2, 0.25) is 0 Å². The molecule has 2 aromatic carbocycles. The number of carbonyl (C=O) groups is 1. The van der Waals surface area contributed by atoms with E-state index >= 15 is 0 Å². The summed E-state index contributed by atoms with van der Waals surface area (Å²) in [5, 5.41) is 3.94. The summed E-state index contributed by atoms with van der Waals surface area (Å²) >= 11 is 0. The monoisotopic (exact) mass is 464 g/mol. The minimum Gasteiger partial charge on any atom is -0.497 e. The smallest absolute Gasteiger partial charge is 0.322 e. The van der Waals surface area contributed by atoms with Gasteiger partial charge < -0.3 is 24.7 Å². The van der Waals surface area contributed by atoms with Crippen molar-refractivity contribution in [1.82, 2.24) is 14.8 Å². The molecule has 0 aliphatic carbocycles. The number of aromatic amines is 1. The van der Waals surface area contributed by atoms with Crippen LogP contribution in [0.5, 0.6) is 5.75 Å². The molecular weight excluding hydrogens is 432 g/mol. The van der Waals surface area contributed by atoms with E-state index in [1.54, 1.807) is 36.3 Å². The summed E-state index contributed by atoms with van der Waals surface area (Å²) in [4.78, 5) is 33.1. The SMILES string of the molecule is COc1ccc(NC(=O)N(CCN2CCOCC2)Cc2cc3c(C)cc(C)cc3[nH]c2=O)cc1. The predicted octanol–water partition coefficient (Wildman–Crippen LogP) is 3.52. The number of urea groups is 1. The summed E-state index contributed by atoms with van der Waals surface area (Å²) in [6.07, 6.45) is 0. The first-order valence-corrected chi connectivity index (χ1v) is 11.6. The topological polar surface area (TPSA) is 86.9 Å². The van der Waals surface area contributed by atoms with Crippen LogP contribution in [0.15, 0.2) is 47.3 Å². The fourth-order valence-corrected chi connectivity index (χ4v) is 4.26. The second-order valence-corrected chi connectivity index (χ2v) is 8.70. The molecule has 2 N–H and O–H groups in total. The standard InChI is InChI=1S/C26H32N4O4/c1-18-14-19(2)23-16-20(25(31)28-24(23)15-18)17-30(9-8-29-10-12-34-13-11-29)26(32)27-21-4-6-22(33-3)7-5-21/h4-7,14-16H,8-13,17H2,1-3H3,(H,27,32)(H,28,31). The number of methoxy groups -OCH3 is 1. The largest absolute Gasteiger partial charge is 0.497 e. The fraction of sp³-hybridized carbons (Fsp3) is 0.385. The molecule has 0 atom stereocenters. The summed E-state index contributed by atoms with van der Waals surface area (Å²) in [5.41, 5.74) is 4.06. The van der Waals surface area contributed by atoms with Gasteiger partial charge in [-0.05, 0) is 61.4 Å². The van der Waals surface area contributed by atoms with E-state index < -0.39 is 0 Å². The van der Waals surface area contributed by atoms with Crippen molar-refractivity contribution in [3.63, 3.8) is 0 Å². The number of hydrogen-bond acceptors (Lipinski definition) is 5. The Labute approximate surface area is 199 Å². The fourth-order valence-electron chi connectivity index (χ4n) is 4.26. The number of aryl methyl sites for hydroxylation is 2. The van der Waals surface area contributed by atoms with E-state index in [4.69, 9.17) is 9.47 Å². The molecule has 1 saturated heterocycles. The van der Waals surface area contributed by atoms with Crippen LogP contribution >= 0.6 is 0 Å². The number of nitrogens with one attached hydrogen (secondary N) is 2. The molecule has 0 saturated carbocycles. The Balaban J connectivity index is 1.56. The number of morpholine rings is 1. The number of amides is 2. The Kier molecular flexibility index (Phi) is 7.49. The van der Waals surface area contributed by atoms with Gasteiger partial charge in [-0.3, -0.25) is 9.69 Å². The van der Waals surface area contributed by atoms with Crippen LogP contribution in [0, 0.1) is 13.8 Å². The molecule has 0 radical (unpaired) electrons. The molecule has 0 spiro atoms. The number of benzene rings is 2. The summed E-state index contributed by atoms with van der Waals surface area (Å²) < 4.78 is 10.6. The van der Waals surface area contributed by atoms with Crippen molar-refractivity contribution in [2.75, 3.05) is 51.8 Å². The molecule has 8 nitrogen and oxygen atoms in total. The second-order valence-electron chi connectivity index (χ2n) is 8.70. The lowest BCUT2D eigenvalue weighted by Crippen LogP contribution is -2.44. The van der Waals surface area contributed by atoms with Crippen LogP contribution in [0.2, 0.25) is 0 Å². The van der Waals surface area contributed by atoms with Crippen LogP contribution in [0.1, 0.15) is 16.7 Å². The number of nitrogens with zero attached hydrogens (tertiary/aromatic N) is 2. The van der Waals surface area contributed by atoms with Gasteiger partial charge in [0, 0.05) is 48.3 Å². The van der Waals surface area contributed by atoms with Crippen molar-refractivity contribution in [3.05, 3.63) is 69.5 Å². The van der Waals surface area contributed by atoms with Gasteiger partial charge in [0.05, 0.1) is 26.9 Å². The zero-order valence-corrected chi connectivity index (χ0v) is 20.0. The second kappa shape index (κ2) is 10.7. The maximum absolute atomic E-state index is 13.3. The Morgan fingerprint density at radius 1 is 1.15 bits per heavy atom. The van der Waals surface area contributed by atoms with Gasteiger partial charge in [0.1, 0.15) is 5.75 Å². The molecule has 1 aliphatic heterocycles. The summed E-state index contributed by atoms with van der Waals surface area (Å²) in [6, 6.07) is 12.9. The zero-order valence-electron chi connectivity index (χ0n) is 20.0. The highest BCUT2D eigenvalue weighted by atomic mass is 16.5. The van der Waals surface area contributed by atoms with E-state index in [2.05, 4.69) is 21.3 Å². The van der Waals surface area contributed by atoms with Crippen molar-refractivity contribution in [2.45, 2.75) is 20.4 Å². The Morgan fingerprint density at radius 3 is 2.59 bits per heavy atom. The van der Waals surface area contributed by atoms with Crippen molar-refractivity contribution < 1.29 is 14.3 Å². The van der Waals surface area contributed by atoms with E-state index in [9.17, 15) is 9.59 Å². The van der Waals surface area contributed by atoms with E-state index in [1.165, 1.54) is 0 Å². The van der Waals surface area contributed by atoms with Gasteiger partial charge in [-0.1, -0.05) is 6.07 Å². The van der Waals surface area contributed by atoms with Crippen molar-refractivity contribution in [3.8, 4) is 5.75 Å². The molecular formula is C26H32N4O4. The minimum atomic E-state index is -0.251. The molecule has 34 heavy (non-hydrogen) atoms. The normalized spacial score (nSPS) is 14.2. The molecule has 1 fully saturated rings. The van der Waals surface area contributed by atoms with Crippen LogP contribution in [0.4, 0.5) is 10.5 Å². The number of hydrogen-bond donors (Lipinski definition) is 2. The molecule has 180 valence electrons. The van der Waals surface area contributed by atoms with Crippen LogP contribution in [-0.4, -0.2) is 67.3 Å². The quantitative estimate of drug-likeness (QED) is 0.559. The lowest BCUT2D eigenvalue weighted by molar-refractivity contribution is 0.0349. The molecule has 2 amide bonds. The number of anilines is 1. The van der Waals surface area contributed by atoms with Crippen LogP contribution in [-0.2, 0) is 11.3 Å². The lowest BCUT2D eigenvalue weighted by Gasteiger charge is -2.30. The third kappa shape index (κ3) is 5.76. The van der Waals surface area contributed by atoms with Crippen molar-refractivity contribution >= 4 is 22.6 Å². The first-order chi connectivity index (χ1) is 16.4. The predicted molar refractivity (Wildman–Crippen MR) is 134 cm³/mol. The lowest BCUT2D eigenvalue weighted by atomic mass is 10.0. The number of fused-ring (bicyclic) bond motifs is 1. The van der Waals surface area contributed by atoms with Crippen molar-refractivity contribution in [2.24, 2.45) is 0 Å². The van der Waals surface area contributed by atoms with E-state index in [1.807, 2.05) is 26.0 Å². The summed E-state index contributed by atoms with van der Waals surface area (Å²) in [5.74, 6) is 0.718. The Bertz CT molecular complexity index is 1200. The molecule has 0 bridgehead atoms. The zero-order chi connectivity index (χ0) is 24.1. The number of rotatable bonds is 7. The number of aromatic nitrogens is 1. The first-order valence-electron chi connectivity index (χ1n) is 11.6. The average Bonchev–Trinajstić information content (AvgIpc) is 2.83. The molecule has 1 aliphatic rings. The molecule has 2 heterocycles. The highest BCUT2D eigenvalue weighted by Gasteiger charge is 2.19. The number of pyridine rings is 1. The van der Waals surface area contributed by atoms with Crippen LogP contribution in [0.25, 0.3) is 10.9 Å². The van der Waals surface area contributed by atoms with Gasteiger partial charge >= 0.3 is 6.03 Å². The van der Waals surface area contributed by atoms with E-state index in [0.29, 0.717) is 37.6 Å². The van der Waals surface area contributed by atoms with Gasteiger partial charge in [-0.15, -0.1) is 0 Å². The van der Waals surface area contributed by atoms with E-state index in [-0.39, 0.29) is 18.1 Å². The van der Waals surface area contributed by atoms with E-state index in [0.717, 1.165) is 40.9 Å². The number of carbonyl (C=O) groups excluding carboxylic acids is 1. The molecule has 4 rings (SSSR count). The highest BCUT2D eigenvalue weighted by molar-refractivity contribution is 5.89. The van der Waals surface area contributed by atoms with Gasteiger partial charge in [0.25, 0.3) is 5.56 Å².